The van der Waals surface area contributed by atoms with Crippen molar-refractivity contribution in [3.63, 3.8) is 0 Å². The number of hydrogen-bond acceptors (Lipinski definition) is 5. The van der Waals surface area contributed by atoms with E-state index in [1.165, 1.54) is 0 Å². The highest BCUT2D eigenvalue weighted by Gasteiger charge is 2.34. The lowest BCUT2D eigenvalue weighted by Crippen LogP contribution is -2.43. The zero-order chi connectivity index (χ0) is 16.4. The van der Waals surface area contributed by atoms with Gasteiger partial charge in [-0.15, -0.1) is 0 Å². The Balaban J connectivity index is 3.06. The highest BCUT2D eigenvalue weighted by Crippen LogP contribution is 2.28. The van der Waals surface area contributed by atoms with Crippen LogP contribution in [0.2, 0.25) is 0 Å². The molecule has 0 aliphatic rings. The van der Waals surface area contributed by atoms with Gasteiger partial charge in [0.2, 0.25) is 5.79 Å². The Morgan fingerprint density at radius 2 is 1.86 bits per heavy atom. The van der Waals surface area contributed by atoms with Gasteiger partial charge in [-0.3, -0.25) is 0 Å². The molecule has 0 spiro atoms. The molecule has 0 bridgehead atoms. The predicted octanol–water partition coefficient (Wildman–Crippen LogP) is 3.13. The molecular formula is C17H31N3O2. The van der Waals surface area contributed by atoms with Gasteiger partial charge in [0.15, 0.2) is 0 Å². The van der Waals surface area contributed by atoms with E-state index in [1.54, 1.807) is 6.20 Å². The molecule has 1 heterocycles. The minimum Gasteiger partial charge on any atom is -0.368 e. The van der Waals surface area contributed by atoms with E-state index in [9.17, 15) is 0 Å². The van der Waals surface area contributed by atoms with Crippen LogP contribution in [0.5, 0.6) is 0 Å². The van der Waals surface area contributed by atoms with Crippen LogP contribution in [0.15, 0.2) is 18.3 Å². The van der Waals surface area contributed by atoms with Crippen molar-refractivity contribution in [3.8, 4) is 0 Å². The Labute approximate surface area is 134 Å². The summed E-state index contributed by atoms with van der Waals surface area (Å²) >= 11 is 0. The number of rotatable bonds is 11. The summed E-state index contributed by atoms with van der Waals surface area (Å²) in [5.74, 6) is 0.0708. The molecule has 1 aromatic heterocycles. The van der Waals surface area contributed by atoms with E-state index in [4.69, 9.17) is 9.47 Å². The van der Waals surface area contributed by atoms with Crippen molar-refractivity contribution in [1.29, 1.82) is 0 Å². The second-order valence-corrected chi connectivity index (χ2v) is 5.52. The molecule has 1 rings (SSSR count). The molecule has 0 fully saturated rings. The maximum Gasteiger partial charge on any atom is 0.207 e. The summed E-state index contributed by atoms with van der Waals surface area (Å²) in [4.78, 5) is 4.37. The molecule has 0 saturated carbocycles. The number of nitrogens with zero attached hydrogens (tertiary/aromatic N) is 1. The van der Waals surface area contributed by atoms with Gasteiger partial charge in [0.1, 0.15) is 5.82 Å². The first-order valence-electron chi connectivity index (χ1n) is 8.29. The minimum absolute atomic E-state index is 0.328. The summed E-state index contributed by atoms with van der Waals surface area (Å²) in [7, 11) is 0. The normalized spacial score (nSPS) is 11.9. The Morgan fingerprint density at radius 1 is 1.18 bits per heavy atom. The van der Waals surface area contributed by atoms with Crippen molar-refractivity contribution in [2.75, 3.05) is 31.6 Å². The van der Waals surface area contributed by atoms with Crippen LogP contribution < -0.4 is 10.6 Å². The van der Waals surface area contributed by atoms with Gasteiger partial charge in [0.25, 0.3) is 0 Å². The average Bonchev–Trinajstić information content (AvgIpc) is 2.47. The van der Waals surface area contributed by atoms with Crippen molar-refractivity contribution in [1.82, 2.24) is 10.3 Å². The molecular weight excluding hydrogens is 278 g/mol. The Hall–Kier alpha value is -1.17. The SMILES string of the molecule is CCCNCC(OCC)(OCC)c1ccnc(NC(C)C)c1. The molecule has 0 aromatic carbocycles. The summed E-state index contributed by atoms with van der Waals surface area (Å²) in [6, 6.07) is 4.30. The fourth-order valence-corrected chi connectivity index (χ4v) is 2.35. The summed E-state index contributed by atoms with van der Waals surface area (Å²) in [5, 5.41) is 6.74. The maximum atomic E-state index is 6.02. The third-order valence-electron chi connectivity index (χ3n) is 3.18. The maximum absolute atomic E-state index is 6.02. The van der Waals surface area contributed by atoms with Gasteiger partial charge in [-0.1, -0.05) is 6.92 Å². The van der Waals surface area contributed by atoms with Crippen molar-refractivity contribution < 1.29 is 9.47 Å². The first kappa shape index (κ1) is 18.9. The van der Waals surface area contributed by atoms with E-state index >= 15 is 0 Å². The molecule has 5 heteroatoms. The summed E-state index contributed by atoms with van der Waals surface area (Å²) in [6.07, 6.45) is 2.87. The lowest BCUT2D eigenvalue weighted by Gasteiger charge is -2.34. The molecule has 126 valence electrons. The molecule has 0 atom stereocenters. The quantitative estimate of drug-likeness (QED) is 0.486. The highest BCUT2D eigenvalue weighted by molar-refractivity contribution is 5.40. The molecule has 0 radical (unpaired) electrons. The van der Waals surface area contributed by atoms with Crippen LogP contribution in [0, 0.1) is 0 Å². The largest absolute Gasteiger partial charge is 0.368 e. The molecule has 5 nitrogen and oxygen atoms in total. The Morgan fingerprint density at radius 3 is 2.41 bits per heavy atom. The van der Waals surface area contributed by atoms with Gasteiger partial charge in [-0.2, -0.15) is 0 Å². The molecule has 0 aliphatic heterocycles. The lowest BCUT2D eigenvalue weighted by molar-refractivity contribution is -0.239. The Bertz CT molecular complexity index is 418. The van der Waals surface area contributed by atoms with Gasteiger partial charge >= 0.3 is 0 Å². The zero-order valence-corrected chi connectivity index (χ0v) is 14.6. The fraction of sp³-hybridized carbons (Fsp3) is 0.706. The van der Waals surface area contributed by atoms with E-state index in [0.717, 1.165) is 24.3 Å². The second-order valence-electron chi connectivity index (χ2n) is 5.52. The van der Waals surface area contributed by atoms with Crippen LogP contribution >= 0.6 is 0 Å². The van der Waals surface area contributed by atoms with E-state index in [0.29, 0.717) is 25.8 Å². The number of nitrogens with one attached hydrogen (secondary N) is 2. The third kappa shape index (κ3) is 5.55. The van der Waals surface area contributed by atoms with Gasteiger partial charge in [0, 0.05) is 31.0 Å². The van der Waals surface area contributed by atoms with Gasteiger partial charge in [-0.05, 0) is 52.8 Å². The summed E-state index contributed by atoms with van der Waals surface area (Å²) < 4.78 is 12.0. The topological polar surface area (TPSA) is 55.4 Å². The summed E-state index contributed by atoms with van der Waals surface area (Å²) in [5.41, 5.74) is 0.984. The van der Waals surface area contributed by atoms with E-state index in [-0.39, 0.29) is 0 Å². The van der Waals surface area contributed by atoms with Crippen molar-refractivity contribution in [2.24, 2.45) is 0 Å². The van der Waals surface area contributed by atoms with Gasteiger partial charge in [0.05, 0.1) is 6.54 Å². The van der Waals surface area contributed by atoms with Crippen LogP contribution in [0.1, 0.15) is 46.6 Å². The lowest BCUT2D eigenvalue weighted by atomic mass is 10.1. The van der Waals surface area contributed by atoms with E-state index in [2.05, 4.69) is 36.4 Å². The van der Waals surface area contributed by atoms with Crippen molar-refractivity contribution >= 4 is 5.82 Å². The second kappa shape index (κ2) is 9.77. The number of pyridine rings is 1. The number of hydrogen-bond donors (Lipinski definition) is 2. The number of anilines is 1. The molecule has 0 amide bonds. The number of ether oxygens (including phenoxy) is 2. The fourth-order valence-electron chi connectivity index (χ4n) is 2.35. The van der Waals surface area contributed by atoms with E-state index in [1.807, 2.05) is 26.0 Å². The van der Waals surface area contributed by atoms with Crippen LogP contribution in [-0.4, -0.2) is 37.3 Å². The number of aromatic nitrogens is 1. The van der Waals surface area contributed by atoms with Crippen LogP contribution in [0.25, 0.3) is 0 Å². The zero-order valence-electron chi connectivity index (χ0n) is 14.6. The van der Waals surface area contributed by atoms with Crippen molar-refractivity contribution in [3.05, 3.63) is 23.9 Å². The smallest absolute Gasteiger partial charge is 0.207 e. The molecule has 1 aromatic rings. The molecule has 22 heavy (non-hydrogen) atoms. The van der Waals surface area contributed by atoms with Crippen LogP contribution in [0.4, 0.5) is 5.82 Å². The average molecular weight is 309 g/mol. The Kier molecular flexibility index (Phi) is 8.38. The van der Waals surface area contributed by atoms with E-state index < -0.39 is 5.79 Å². The van der Waals surface area contributed by atoms with Crippen LogP contribution in [-0.2, 0) is 15.3 Å². The standard InChI is InChI=1S/C17H31N3O2/c1-6-10-18-13-17(21-7-2,22-8-3)15-9-11-19-16(12-15)20-14(4)5/h9,11-12,14,18H,6-8,10,13H2,1-5H3,(H,19,20). The molecule has 0 unspecified atom stereocenters. The first-order chi connectivity index (χ1) is 10.6. The monoisotopic (exact) mass is 309 g/mol. The molecule has 0 saturated heterocycles. The van der Waals surface area contributed by atoms with Gasteiger partial charge in [-0.25, -0.2) is 4.98 Å². The van der Waals surface area contributed by atoms with Gasteiger partial charge < -0.3 is 20.1 Å². The first-order valence-corrected chi connectivity index (χ1v) is 8.29. The summed E-state index contributed by atoms with van der Waals surface area (Å²) in [6.45, 7) is 13.0. The molecule has 0 aliphatic carbocycles. The minimum atomic E-state index is -0.769. The molecule has 2 N–H and O–H groups in total. The van der Waals surface area contributed by atoms with Crippen LogP contribution in [0.3, 0.4) is 0 Å². The third-order valence-corrected chi connectivity index (χ3v) is 3.18. The highest BCUT2D eigenvalue weighted by atomic mass is 16.7. The predicted molar refractivity (Wildman–Crippen MR) is 91.1 cm³/mol. The van der Waals surface area contributed by atoms with Crippen molar-refractivity contribution in [2.45, 2.75) is 52.9 Å².